The molecular weight excluding hydrogens is 414 g/mol. The van der Waals surface area contributed by atoms with Gasteiger partial charge in [-0.2, -0.15) is 5.26 Å². The molecule has 6 nitrogen and oxygen atoms in total. The van der Waals surface area contributed by atoms with E-state index in [1.807, 2.05) is 67.6 Å². The van der Waals surface area contributed by atoms with E-state index in [1.165, 1.54) is 0 Å². The van der Waals surface area contributed by atoms with Crippen molar-refractivity contribution in [3.63, 3.8) is 0 Å². The topological polar surface area (TPSA) is 86.5 Å². The minimum atomic E-state index is -0.706. The molecule has 1 aliphatic rings. The van der Waals surface area contributed by atoms with E-state index in [0.29, 0.717) is 31.4 Å². The summed E-state index contributed by atoms with van der Waals surface area (Å²) in [6.07, 6.45) is 3.05. The van der Waals surface area contributed by atoms with Gasteiger partial charge in [0.2, 0.25) is 0 Å². The van der Waals surface area contributed by atoms with Gasteiger partial charge >= 0.3 is 6.09 Å². The summed E-state index contributed by atoms with van der Waals surface area (Å²) in [5.74, 6) is 0. The van der Waals surface area contributed by atoms with Crippen LogP contribution in [0.2, 0.25) is 0 Å². The molecule has 1 aliphatic heterocycles. The minimum Gasteiger partial charge on any atom is -0.438 e. The Morgan fingerprint density at radius 1 is 1.15 bits per heavy atom. The molecule has 0 bridgehead atoms. The molecular formula is C27H27N3O3. The second kappa shape index (κ2) is 9.85. The Hall–Kier alpha value is -3.69. The van der Waals surface area contributed by atoms with Gasteiger partial charge in [0, 0.05) is 31.3 Å². The summed E-state index contributed by atoms with van der Waals surface area (Å²) < 4.78 is 6.07. The van der Waals surface area contributed by atoms with Gasteiger partial charge in [0.1, 0.15) is 11.7 Å². The zero-order valence-electron chi connectivity index (χ0n) is 18.6. The highest BCUT2D eigenvalue weighted by Gasteiger charge is 2.43. The maximum absolute atomic E-state index is 13.1. The number of benzene rings is 2. The molecule has 1 aromatic heterocycles. The van der Waals surface area contributed by atoms with Crippen LogP contribution in [-0.4, -0.2) is 34.2 Å². The number of hydrogen-bond acceptors (Lipinski definition) is 5. The largest absolute Gasteiger partial charge is 0.438 e. The maximum Gasteiger partial charge on any atom is 0.411 e. The van der Waals surface area contributed by atoms with Gasteiger partial charge in [-0.05, 0) is 43.0 Å². The highest BCUT2D eigenvalue weighted by atomic mass is 16.6. The quantitative estimate of drug-likeness (QED) is 0.545. The van der Waals surface area contributed by atoms with E-state index in [0.717, 1.165) is 22.4 Å². The first-order valence-electron chi connectivity index (χ1n) is 11.2. The molecule has 2 unspecified atom stereocenters. The van der Waals surface area contributed by atoms with E-state index in [2.05, 4.69) is 11.1 Å². The summed E-state index contributed by atoms with van der Waals surface area (Å²) in [6, 6.07) is 23.3. The van der Waals surface area contributed by atoms with E-state index < -0.39 is 5.60 Å². The number of hydrogen-bond donors (Lipinski definition) is 1. The van der Waals surface area contributed by atoms with Crippen molar-refractivity contribution in [1.82, 2.24) is 9.88 Å². The Bertz CT molecular complexity index is 1120. The fraction of sp³-hybridized carbons (Fsp3) is 0.296. The monoisotopic (exact) mass is 441 g/mol. The zero-order chi connectivity index (χ0) is 23.3. The fourth-order valence-electron chi connectivity index (χ4n) is 4.39. The normalized spacial score (nSPS) is 18.9. The third kappa shape index (κ3) is 4.74. The van der Waals surface area contributed by atoms with Crippen LogP contribution in [0.25, 0.3) is 11.3 Å². The molecule has 168 valence electrons. The number of rotatable bonds is 7. The van der Waals surface area contributed by atoms with Crippen molar-refractivity contribution < 1.29 is 14.6 Å². The molecule has 33 heavy (non-hydrogen) atoms. The van der Waals surface area contributed by atoms with E-state index in [4.69, 9.17) is 10.00 Å². The van der Waals surface area contributed by atoms with Crippen LogP contribution >= 0.6 is 0 Å². The van der Waals surface area contributed by atoms with Crippen molar-refractivity contribution in [2.45, 2.75) is 37.8 Å². The van der Waals surface area contributed by atoms with E-state index in [-0.39, 0.29) is 18.7 Å². The number of aliphatic hydroxyl groups excluding tert-OH is 1. The predicted molar refractivity (Wildman–Crippen MR) is 125 cm³/mol. The van der Waals surface area contributed by atoms with Crippen LogP contribution in [0.4, 0.5) is 4.79 Å². The molecule has 0 saturated carbocycles. The summed E-state index contributed by atoms with van der Waals surface area (Å²) in [5, 5.41) is 18.3. The van der Waals surface area contributed by atoms with Crippen LogP contribution in [0, 0.1) is 11.3 Å². The lowest BCUT2D eigenvalue weighted by atomic mass is 9.84. The molecule has 3 aromatic rings. The molecule has 1 N–H and O–H groups in total. The van der Waals surface area contributed by atoms with Gasteiger partial charge in [0.05, 0.1) is 17.3 Å². The van der Waals surface area contributed by atoms with Crippen molar-refractivity contribution in [2.24, 2.45) is 0 Å². The third-order valence-corrected chi connectivity index (χ3v) is 6.36. The number of aromatic nitrogens is 1. The summed E-state index contributed by atoms with van der Waals surface area (Å²) in [5.41, 5.74) is 3.54. The number of nitriles is 1. The van der Waals surface area contributed by atoms with Gasteiger partial charge in [0.15, 0.2) is 0 Å². The van der Waals surface area contributed by atoms with Crippen molar-refractivity contribution in [3.05, 3.63) is 89.6 Å². The molecule has 2 heterocycles. The Morgan fingerprint density at radius 3 is 2.52 bits per heavy atom. The Kier molecular flexibility index (Phi) is 6.71. The SMILES string of the molecule is CC(c1ccc(-c2ccc(C#N)cn2)cc1)N1CCC(CCCO)(c2ccccc2)OC1=O. The van der Waals surface area contributed by atoms with Crippen LogP contribution in [0.1, 0.15) is 48.9 Å². The lowest BCUT2D eigenvalue weighted by Gasteiger charge is -2.43. The molecule has 0 radical (unpaired) electrons. The number of ether oxygens (including phenoxy) is 1. The van der Waals surface area contributed by atoms with Gasteiger partial charge in [-0.1, -0.05) is 54.6 Å². The average Bonchev–Trinajstić information content (AvgIpc) is 2.88. The number of cyclic esters (lactones) is 1. The standard InChI is InChI=1S/C27H27N3O3/c1-20(22-9-11-23(12-10-22)25-13-8-21(18-28)19-29-25)30-16-15-27(14-5-17-31,33-26(30)32)24-6-3-2-4-7-24/h2-4,6-13,19-20,31H,5,14-17H2,1H3. The summed E-state index contributed by atoms with van der Waals surface area (Å²) >= 11 is 0. The highest BCUT2D eigenvalue weighted by Crippen LogP contribution is 2.40. The Morgan fingerprint density at radius 2 is 1.91 bits per heavy atom. The van der Waals surface area contributed by atoms with Crippen LogP contribution in [0.5, 0.6) is 0 Å². The number of aliphatic hydroxyl groups is 1. The molecule has 4 rings (SSSR count). The van der Waals surface area contributed by atoms with E-state index in [9.17, 15) is 9.90 Å². The lowest BCUT2D eigenvalue weighted by Crippen LogP contribution is -2.48. The molecule has 0 spiro atoms. The predicted octanol–water partition coefficient (Wildman–Crippen LogP) is 5.19. The number of amides is 1. The summed E-state index contributed by atoms with van der Waals surface area (Å²) in [6.45, 7) is 2.63. The maximum atomic E-state index is 13.1. The molecule has 2 atom stereocenters. The van der Waals surface area contributed by atoms with Gasteiger partial charge in [-0.25, -0.2) is 4.79 Å². The molecule has 1 amide bonds. The van der Waals surface area contributed by atoms with Gasteiger partial charge in [-0.3, -0.25) is 4.98 Å². The number of pyridine rings is 1. The zero-order valence-corrected chi connectivity index (χ0v) is 18.6. The molecule has 0 aliphatic carbocycles. The molecule has 2 aromatic carbocycles. The summed E-state index contributed by atoms with van der Waals surface area (Å²) in [7, 11) is 0. The van der Waals surface area contributed by atoms with Gasteiger partial charge < -0.3 is 14.7 Å². The van der Waals surface area contributed by atoms with Crippen LogP contribution in [0.15, 0.2) is 72.9 Å². The van der Waals surface area contributed by atoms with Crippen LogP contribution in [-0.2, 0) is 10.3 Å². The van der Waals surface area contributed by atoms with E-state index >= 15 is 0 Å². The summed E-state index contributed by atoms with van der Waals surface area (Å²) in [4.78, 5) is 19.2. The Labute approximate surface area is 194 Å². The first-order chi connectivity index (χ1) is 16.1. The van der Waals surface area contributed by atoms with Crippen molar-refractivity contribution in [2.75, 3.05) is 13.2 Å². The van der Waals surface area contributed by atoms with Crippen molar-refractivity contribution in [1.29, 1.82) is 5.26 Å². The molecule has 6 heteroatoms. The molecule has 1 saturated heterocycles. The van der Waals surface area contributed by atoms with Crippen LogP contribution < -0.4 is 0 Å². The van der Waals surface area contributed by atoms with Crippen molar-refractivity contribution in [3.8, 4) is 17.3 Å². The van der Waals surface area contributed by atoms with Gasteiger partial charge in [-0.15, -0.1) is 0 Å². The second-order valence-corrected chi connectivity index (χ2v) is 8.34. The highest BCUT2D eigenvalue weighted by molar-refractivity contribution is 5.70. The van der Waals surface area contributed by atoms with Gasteiger partial charge in [0.25, 0.3) is 0 Å². The number of carbonyl (C=O) groups excluding carboxylic acids is 1. The molecule has 1 fully saturated rings. The third-order valence-electron chi connectivity index (χ3n) is 6.36. The minimum absolute atomic E-state index is 0.0622. The lowest BCUT2D eigenvalue weighted by molar-refractivity contribution is -0.0680. The second-order valence-electron chi connectivity index (χ2n) is 8.34. The van der Waals surface area contributed by atoms with Crippen molar-refractivity contribution >= 4 is 6.09 Å². The van der Waals surface area contributed by atoms with Crippen LogP contribution in [0.3, 0.4) is 0 Å². The number of nitrogens with zero attached hydrogens (tertiary/aromatic N) is 3. The smallest absolute Gasteiger partial charge is 0.411 e. The number of carbonyl (C=O) groups is 1. The average molecular weight is 442 g/mol. The van der Waals surface area contributed by atoms with E-state index in [1.54, 1.807) is 17.2 Å². The first kappa shape index (κ1) is 22.5. The first-order valence-corrected chi connectivity index (χ1v) is 11.2. The fourth-order valence-corrected chi connectivity index (χ4v) is 4.39. The Balaban J connectivity index is 1.49.